The van der Waals surface area contributed by atoms with Crippen molar-refractivity contribution in [1.82, 2.24) is 0 Å². The average Bonchev–Trinajstić information content (AvgIpc) is 2.53. The Morgan fingerprint density at radius 2 is 1.69 bits per heavy atom. The van der Waals surface area contributed by atoms with Crippen LogP contribution in [0.3, 0.4) is 0 Å². The maximum absolute atomic E-state index is 6.65. The maximum atomic E-state index is 6.65. The van der Waals surface area contributed by atoms with Crippen LogP contribution in [0.25, 0.3) is 0 Å². The molecule has 1 aliphatic carbocycles. The van der Waals surface area contributed by atoms with Crippen molar-refractivity contribution in [2.75, 3.05) is 0 Å². The molecule has 0 bridgehead atoms. The predicted molar refractivity (Wildman–Crippen MR) is 72.0 cm³/mol. The summed E-state index contributed by atoms with van der Waals surface area (Å²) in [4.78, 5) is 0. The summed E-state index contributed by atoms with van der Waals surface area (Å²) >= 11 is 0. The molecule has 16 heavy (non-hydrogen) atoms. The highest BCUT2D eigenvalue weighted by molar-refractivity contribution is 6.84. The van der Waals surface area contributed by atoms with Crippen molar-refractivity contribution in [3.05, 3.63) is 11.3 Å². The van der Waals surface area contributed by atoms with Gasteiger partial charge in [0.2, 0.25) is 8.32 Å². The van der Waals surface area contributed by atoms with Gasteiger partial charge in [-0.05, 0) is 34.9 Å². The van der Waals surface area contributed by atoms with Crippen LogP contribution < -0.4 is 0 Å². The normalized spacial score (nSPS) is 29.1. The minimum Gasteiger partial charge on any atom is -0.405 e. The molecule has 0 spiro atoms. The van der Waals surface area contributed by atoms with Gasteiger partial charge in [-0.2, -0.15) is 0 Å². The molecule has 1 atom stereocenters. The Morgan fingerprint density at radius 3 is 2.12 bits per heavy atom. The number of hydrogen-bond donors (Lipinski definition) is 0. The zero-order valence-corrected chi connectivity index (χ0v) is 12.7. The Morgan fingerprint density at radius 1 is 1.12 bits per heavy atom. The van der Waals surface area contributed by atoms with E-state index in [4.69, 9.17) is 4.43 Å². The number of rotatable bonds is 0. The summed E-state index contributed by atoms with van der Waals surface area (Å²) in [7, 11) is -1.79. The topological polar surface area (TPSA) is 9.23 Å². The summed E-state index contributed by atoms with van der Waals surface area (Å²) in [6, 6.07) is 0. The molecule has 2 aliphatic rings. The van der Waals surface area contributed by atoms with E-state index in [2.05, 4.69) is 47.2 Å². The Labute approximate surface area is 101 Å². The van der Waals surface area contributed by atoms with Gasteiger partial charge in [-0.3, -0.25) is 0 Å². The molecule has 1 nitrogen and oxygen atoms in total. The van der Waals surface area contributed by atoms with Gasteiger partial charge in [0.25, 0.3) is 0 Å². The predicted octanol–water partition coefficient (Wildman–Crippen LogP) is 4.58. The zero-order valence-electron chi connectivity index (χ0n) is 11.7. The van der Waals surface area contributed by atoms with Gasteiger partial charge < -0.3 is 4.43 Å². The number of fused-ring (bicyclic) bond motifs is 1. The van der Waals surface area contributed by atoms with Gasteiger partial charge in [-0.25, -0.2) is 0 Å². The zero-order chi connectivity index (χ0) is 12.2. The maximum Gasteiger partial charge on any atom is 0.228 e. The minimum absolute atomic E-state index is 0.294. The molecule has 2 heteroatoms. The van der Waals surface area contributed by atoms with Gasteiger partial charge in [0, 0.05) is 0 Å². The molecule has 0 aromatic rings. The fourth-order valence-electron chi connectivity index (χ4n) is 3.57. The molecule has 0 radical (unpaired) electrons. The standard InChI is InChI=1S/C14H26OSi/c1-13(2,3)16(14(4,5)6)10-11-8-7-9-12(11)15-16/h10,12H,7-9H2,1-6H3. The Bertz CT molecular complexity index is 303. The fourth-order valence-corrected chi connectivity index (χ4v) is 9.03. The molecule has 0 N–H and O–H groups in total. The summed E-state index contributed by atoms with van der Waals surface area (Å²) in [6.07, 6.45) is 4.35. The Balaban J connectivity index is 2.44. The van der Waals surface area contributed by atoms with Crippen molar-refractivity contribution in [2.45, 2.75) is 77.0 Å². The first-order valence-electron chi connectivity index (χ1n) is 6.57. The van der Waals surface area contributed by atoms with Crippen molar-refractivity contribution < 1.29 is 4.43 Å². The van der Waals surface area contributed by atoms with Gasteiger partial charge in [0.15, 0.2) is 0 Å². The van der Waals surface area contributed by atoms with Gasteiger partial charge in [0.05, 0.1) is 6.10 Å². The second kappa shape index (κ2) is 3.46. The molecule has 2 rings (SSSR count). The Kier molecular flexibility index (Phi) is 2.67. The second-order valence-corrected chi connectivity index (χ2v) is 12.4. The lowest BCUT2D eigenvalue weighted by atomic mass is 10.2. The lowest BCUT2D eigenvalue weighted by Gasteiger charge is -2.47. The second-order valence-electron chi connectivity index (χ2n) is 7.45. The summed E-state index contributed by atoms with van der Waals surface area (Å²) in [5, 5.41) is 0.588. The monoisotopic (exact) mass is 238 g/mol. The van der Waals surface area contributed by atoms with E-state index in [1.54, 1.807) is 5.57 Å². The summed E-state index contributed by atoms with van der Waals surface area (Å²) in [5.41, 5.74) is 4.22. The van der Waals surface area contributed by atoms with E-state index in [0.29, 0.717) is 16.2 Å². The summed E-state index contributed by atoms with van der Waals surface area (Å²) in [6.45, 7) is 14.2. The molecular weight excluding hydrogens is 212 g/mol. The third kappa shape index (κ3) is 1.62. The smallest absolute Gasteiger partial charge is 0.228 e. The van der Waals surface area contributed by atoms with Crippen molar-refractivity contribution in [3.8, 4) is 0 Å². The molecular formula is C14H26OSi. The van der Waals surface area contributed by atoms with Crippen LogP contribution >= 0.6 is 0 Å². The van der Waals surface area contributed by atoms with E-state index in [-0.39, 0.29) is 0 Å². The molecule has 1 aliphatic heterocycles. The molecule has 1 heterocycles. The van der Waals surface area contributed by atoms with Crippen molar-refractivity contribution >= 4 is 8.32 Å². The molecule has 1 unspecified atom stereocenters. The third-order valence-corrected chi connectivity index (χ3v) is 10.2. The van der Waals surface area contributed by atoms with E-state index < -0.39 is 8.32 Å². The molecule has 92 valence electrons. The van der Waals surface area contributed by atoms with Crippen molar-refractivity contribution in [2.24, 2.45) is 0 Å². The fraction of sp³-hybridized carbons (Fsp3) is 0.857. The van der Waals surface area contributed by atoms with Gasteiger partial charge in [-0.1, -0.05) is 47.2 Å². The van der Waals surface area contributed by atoms with E-state index >= 15 is 0 Å². The van der Waals surface area contributed by atoms with Crippen LogP contribution in [0.1, 0.15) is 60.8 Å². The van der Waals surface area contributed by atoms with Crippen LogP contribution in [0.2, 0.25) is 10.1 Å². The first kappa shape index (κ1) is 12.4. The Hall–Kier alpha value is -0.0831. The molecule has 1 fully saturated rings. The van der Waals surface area contributed by atoms with Crippen LogP contribution in [0.5, 0.6) is 0 Å². The van der Waals surface area contributed by atoms with Gasteiger partial charge in [-0.15, -0.1) is 0 Å². The first-order valence-corrected chi connectivity index (χ1v) is 8.55. The van der Waals surface area contributed by atoms with Crippen molar-refractivity contribution in [1.29, 1.82) is 0 Å². The van der Waals surface area contributed by atoms with Crippen LogP contribution in [-0.4, -0.2) is 14.4 Å². The summed E-state index contributed by atoms with van der Waals surface area (Å²) < 4.78 is 6.65. The lowest BCUT2D eigenvalue weighted by Crippen LogP contribution is -2.52. The van der Waals surface area contributed by atoms with Gasteiger partial charge >= 0.3 is 0 Å². The first-order chi connectivity index (χ1) is 7.17. The summed E-state index contributed by atoms with van der Waals surface area (Å²) in [5.74, 6) is 0. The molecule has 0 amide bonds. The van der Waals surface area contributed by atoms with E-state index in [1.165, 1.54) is 19.3 Å². The van der Waals surface area contributed by atoms with Crippen LogP contribution in [0.15, 0.2) is 11.3 Å². The van der Waals surface area contributed by atoms with Crippen molar-refractivity contribution in [3.63, 3.8) is 0 Å². The highest BCUT2D eigenvalue weighted by Gasteiger charge is 2.58. The van der Waals surface area contributed by atoms with E-state index in [0.717, 1.165) is 0 Å². The van der Waals surface area contributed by atoms with Crippen LogP contribution in [0, 0.1) is 0 Å². The largest absolute Gasteiger partial charge is 0.405 e. The average molecular weight is 238 g/mol. The molecule has 0 aromatic heterocycles. The lowest BCUT2D eigenvalue weighted by molar-refractivity contribution is 0.218. The number of hydrogen-bond acceptors (Lipinski definition) is 1. The molecule has 0 saturated heterocycles. The molecule has 1 saturated carbocycles. The minimum atomic E-state index is -1.79. The van der Waals surface area contributed by atoms with E-state index in [1.807, 2.05) is 0 Å². The van der Waals surface area contributed by atoms with Gasteiger partial charge in [0.1, 0.15) is 0 Å². The highest BCUT2D eigenvalue weighted by Crippen LogP contribution is 2.57. The van der Waals surface area contributed by atoms with Crippen LogP contribution in [0.4, 0.5) is 0 Å². The van der Waals surface area contributed by atoms with E-state index in [9.17, 15) is 0 Å². The molecule has 0 aromatic carbocycles. The quantitative estimate of drug-likeness (QED) is 0.561. The van der Waals surface area contributed by atoms with Crippen LogP contribution in [-0.2, 0) is 4.43 Å². The SMILES string of the molecule is CC(C)(C)[Si]1(C(C)(C)C)C=C2CCCC2O1. The third-order valence-electron chi connectivity index (χ3n) is 4.29. The highest BCUT2D eigenvalue weighted by atomic mass is 28.4.